The van der Waals surface area contributed by atoms with Gasteiger partial charge in [-0.1, -0.05) is 33.8 Å². The van der Waals surface area contributed by atoms with Crippen molar-refractivity contribution < 1.29 is 19.4 Å². The summed E-state index contributed by atoms with van der Waals surface area (Å²) in [6.07, 6.45) is 5.67. The van der Waals surface area contributed by atoms with Crippen LogP contribution in [-0.2, 0) is 0 Å². The number of Topliss-reactive ketones (excluding diaryl/α,β-unsaturated/α-hetero) is 1. The van der Waals surface area contributed by atoms with Gasteiger partial charge in [0.05, 0.1) is 7.11 Å². The summed E-state index contributed by atoms with van der Waals surface area (Å²) < 4.78 is 11.9. The lowest BCUT2D eigenvalue weighted by Crippen LogP contribution is -2.36. The van der Waals surface area contributed by atoms with Gasteiger partial charge in [-0.15, -0.1) is 0 Å². The van der Waals surface area contributed by atoms with Crippen LogP contribution in [0.3, 0.4) is 0 Å². The predicted octanol–water partition coefficient (Wildman–Crippen LogP) is 5.10. The number of ketones is 1. The van der Waals surface area contributed by atoms with E-state index in [2.05, 4.69) is 32.9 Å². The Hall–Kier alpha value is -1.97. The zero-order valence-corrected chi connectivity index (χ0v) is 16.6. The summed E-state index contributed by atoms with van der Waals surface area (Å²) >= 11 is 0. The van der Waals surface area contributed by atoms with E-state index >= 15 is 0 Å². The van der Waals surface area contributed by atoms with Crippen molar-refractivity contribution in [2.24, 2.45) is 17.8 Å². The first kappa shape index (κ1) is 18.8. The fourth-order valence-corrected chi connectivity index (χ4v) is 4.22. The van der Waals surface area contributed by atoms with Gasteiger partial charge in [0, 0.05) is 24.0 Å². The van der Waals surface area contributed by atoms with Crippen molar-refractivity contribution in [3.63, 3.8) is 0 Å². The van der Waals surface area contributed by atoms with Crippen LogP contribution in [0.5, 0.6) is 17.2 Å². The van der Waals surface area contributed by atoms with Crippen molar-refractivity contribution >= 4 is 5.78 Å². The molecule has 1 aliphatic heterocycles. The molecule has 0 fully saturated rings. The molecule has 0 aromatic heterocycles. The maximum absolute atomic E-state index is 12.8. The highest BCUT2D eigenvalue weighted by molar-refractivity contribution is 6.02. The first-order valence-electron chi connectivity index (χ1n) is 9.53. The summed E-state index contributed by atoms with van der Waals surface area (Å²) in [6.45, 7) is 10.5. The highest BCUT2D eigenvalue weighted by Crippen LogP contribution is 2.57. The number of phenolic OH excluding ortho intramolecular Hbond substituents is 1. The largest absolute Gasteiger partial charge is 0.507 e. The number of benzene rings is 1. The molecular formula is C22H30O4. The third-order valence-electron chi connectivity index (χ3n) is 5.75. The molecule has 0 spiro atoms. The van der Waals surface area contributed by atoms with E-state index in [0.29, 0.717) is 35.3 Å². The molecular weight excluding hydrogens is 328 g/mol. The number of ether oxygens (including phenoxy) is 2. The Balaban J connectivity index is 2.14. The smallest absolute Gasteiger partial charge is 0.170 e. The first-order chi connectivity index (χ1) is 12.2. The third kappa shape index (κ3) is 3.00. The third-order valence-corrected chi connectivity index (χ3v) is 5.75. The second-order valence-corrected chi connectivity index (χ2v) is 8.58. The summed E-state index contributed by atoms with van der Waals surface area (Å²) in [6, 6.07) is 1.57. The molecule has 4 heteroatoms. The van der Waals surface area contributed by atoms with Crippen molar-refractivity contribution in [3.8, 4) is 17.2 Å². The molecule has 1 aliphatic carbocycles. The van der Waals surface area contributed by atoms with Crippen LogP contribution in [0, 0.1) is 17.8 Å². The average molecular weight is 358 g/mol. The number of fused-ring (bicyclic) bond motifs is 3. The van der Waals surface area contributed by atoms with Gasteiger partial charge in [-0.3, -0.25) is 4.79 Å². The lowest BCUT2D eigenvalue weighted by molar-refractivity contribution is 0.0944. The molecule has 26 heavy (non-hydrogen) atoms. The lowest BCUT2D eigenvalue weighted by atomic mass is 9.71. The molecule has 1 aromatic rings. The van der Waals surface area contributed by atoms with Gasteiger partial charge in [0.2, 0.25) is 0 Å². The monoisotopic (exact) mass is 358 g/mol. The number of carbonyl (C=O) groups excluding carboxylic acids is 1. The zero-order chi connectivity index (χ0) is 19.2. The van der Waals surface area contributed by atoms with Crippen LogP contribution in [0.2, 0.25) is 0 Å². The lowest BCUT2D eigenvalue weighted by Gasteiger charge is -2.35. The van der Waals surface area contributed by atoms with Gasteiger partial charge in [0.25, 0.3) is 0 Å². The van der Waals surface area contributed by atoms with Crippen LogP contribution in [0.25, 0.3) is 0 Å². The maximum Gasteiger partial charge on any atom is 0.170 e. The fourth-order valence-electron chi connectivity index (χ4n) is 4.22. The van der Waals surface area contributed by atoms with E-state index < -0.39 is 5.60 Å². The van der Waals surface area contributed by atoms with Gasteiger partial charge in [-0.2, -0.15) is 0 Å². The Labute approximate surface area is 156 Å². The second kappa shape index (κ2) is 6.64. The van der Waals surface area contributed by atoms with Gasteiger partial charge < -0.3 is 14.6 Å². The molecule has 0 amide bonds. The van der Waals surface area contributed by atoms with Crippen molar-refractivity contribution in [2.45, 2.75) is 59.0 Å². The molecule has 4 nitrogen and oxygen atoms in total. The summed E-state index contributed by atoms with van der Waals surface area (Å²) in [5, 5.41) is 10.5. The Kier molecular flexibility index (Phi) is 4.80. The summed E-state index contributed by atoms with van der Waals surface area (Å²) in [4.78, 5) is 12.8. The van der Waals surface area contributed by atoms with Gasteiger partial charge >= 0.3 is 0 Å². The quantitative estimate of drug-likeness (QED) is 0.588. The molecule has 0 radical (unpaired) electrons. The Morgan fingerprint density at radius 3 is 2.65 bits per heavy atom. The molecule has 0 bridgehead atoms. The van der Waals surface area contributed by atoms with Crippen molar-refractivity contribution in [1.29, 1.82) is 0 Å². The first-order valence-corrected chi connectivity index (χ1v) is 9.53. The minimum Gasteiger partial charge on any atom is -0.507 e. The van der Waals surface area contributed by atoms with Crippen LogP contribution >= 0.6 is 0 Å². The van der Waals surface area contributed by atoms with Crippen molar-refractivity contribution in [2.75, 3.05) is 7.11 Å². The number of rotatable bonds is 5. The topological polar surface area (TPSA) is 55.8 Å². The molecule has 1 N–H and O–H groups in total. The number of hydrogen-bond donors (Lipinski definition) is 1. The Morgan fingerprint density at radius 2 is 2.08 bits per heavy atom. The van der Waals surface area contributed by atoms with E-state index in [4.69, 9.17) is 9.47 Å². The Morgan fingerprint density at radius 1 is 1.38 bits per heavy atom. The van der Waals surface area contributed by atoms with Crippen molar-refractivity contribution in [1.82, 2.24) is 0 Å². The van der Waals surface area contributed by atoms with E-state index in [-0.39, 0.29) is 23.4 Å². The van der Waals surface area contributed by atoms with Crippen LogP contribution in [-0.4, -0.2) is 23.6 Å². The van der Waals surface area contributed by atoms with Crippen LogP contribution in [0.4, 0.5) is 0 Å². The number of allylic oxidation sites excluding steroid dienone is 1. The number of hydrogen-bond acceptors (Lipinski definition) is 4. The van der Waals surface area contributed by atoms with E-state index in [1.807, 2.05) is 13.8 Å². The second-order valence-electron chi connectivity index (χ2n) is 8.58. The molecule has 0 unspecified atom stereocenters. The van der Waals surface area contributed by atoms with Crippen molar-refractivity contribution in [3.05, 3.63) is 29.3 Å². The number of phenols is 1. The van der Waals surface area contributed by atoms with Crippen LogP contribution in [0.1, 0.15) is 69.3 Å². The highest BCUT2D eigenvalue weighted by atomic mass is 16.5. The molecule has 0 saturated carbocycles. The van der Waals surface area contributed by atoms with E-state index in [9.17, 15) is 9.90 Å². The molecule has 1 aromatic carbocycles. The van der Waals surface area contributed by atoms with Crippen LogP contribution < -0.4 is 9.47 Å². The molecule has 0 saturated heterocycles. The average Bonchev–Trinajstić information content (AvgIpc) is 2.84. The van der Waals surface area contributed by atoms with E-state index in [1.165, 1.54) is 0 Å². The number of methoxy groups -OCH3 is 1. The van der Waals surface area contributed by atoms with Gasteiger partial charge in [0.1, 0.15) is 28.4 Å². The molecule has 3 rings (SSSR count). The molecule has 142 valence electrons. The van der Waals surface area contributed by atoms with E-state index in [1.54, 1.807) is 13.2 Å². The predicted molar refractivity (Wildman–Crippen MR) is 102 cm³/mol. The highest BCUT2D eigenvalue weighted by Gasteiger charge is 2.50. The van der Waals surface area contributed by atoms with Gasteiger partial charge in [-0.05, 0) is 37.2 Å². The maximum atomic E-state index is 12.8. The minimum absolute atomic E-state index is 0.0575. The number of carbonyl (C=O) groups is 1. The SMILES string of the molecule is COc1cc(O)c(C(=O)CC(C)C)c2c1[C@@H]1C[C@@H](C(C)C)C=C[C@]1(C)O2. The van der Waals surface area contributed by atoms with E-state index in [0.717, 1.165) is 12.0 Å². The fraction of sp³-hybridized carbons (Fsp3) is 0.591. The van der Waals surface area contributed by atoms with Gasteiger partial charge in [-0.25, -0.2) is 0 Å². The standard InChI is InChI=1S/C22H30O4/c1-12(2)9-16(23)20-17(24)11-18(25-6)19-15-10-14(13(3)4)7-8-22(15,5)26-21(19)20/h7-8,11-15,24H,9-10H2,1-6H3/t14-,15-,22-/m0/s1. The van der Waals surface area contributed by atoms with Crippen LogP contribution in [0.15, 0.2) is 18.2 Å². The van der Waals surface area contributed by atoms with Gasteiger partial charge in [0.15, 0.2) is 5.78 Å². The summed E-state index contributed by atoms with van der Waals surface area (Å²) in [7, 11) is 1.60. The summed E-state index contributed by atoms with van der Waals surface area (Å²) in [5.41, 5.74) is 0.719. The number of aromatic hydroxyl groups is 1. The Bertz CT molecular complexity index is 747. The molecule has 1 heterocycles. The molecule has 2 aliphatic rings. The normalized spacial score (nSPS) is 26.6. The minimum atomic E-state index is -0.512. The summed E-state index contributed by atoms with van der Waals surface area (Å²) in [5.74, 6) is 2.28. The zero-order valence-electron chi connectivity index (χ0n) is 16.6. The molecule has 3 atom stereocenters.